The van der Waals surface area contributed by atoms with Crippen LogP contribution in [0.25, 0.3) is 0 Å². The summed E-state index contributed by atoms with van der Waals surface area (Å²) >= 11 is 0. The number of nitrogens with zero attached hydrogens (tertiary/aromatic N) is 3. The smallest absolute Gasteiger partial charge is 0.293 e. The van der Waals surface area contributed by atoms with Crippen LogP contribution in [0.5, 0.6) is 0 Å². The summed E-state index contributed by atoms with van der Waals surface area (Å²) in [6, 6.07) is 8.25. The monoisotopic (exact) mass is 470 g/mol. The predicted octanol–water partition coefficient (Wildman–Crippen LogP) is 2.34. The molecule has 0 bridgehead atoms. The van der Waals surface area contributed by atoms with Gasteiger partial charge in [0, 0.05) is 50.3 Å². The van der Waals surface area contributed by atoms with Crippen molar-refractivity contribution in [2.45, 2.75) is 17.7 Å². The van der Waals surface area contributed by atoms with Gasteiger partial charge in [-0.05, 0) is 24.3 Å². The van der Waals surface area contributed by atoms with Gasteiger partial charge < -0.3 is 4.90 Å². The van der Waals surface area contributed by atoms with Crippen molar-refractivity contribution in [3.05, 3.63) is 63.7 Å². The van der Waals surface area contributed by atoms with Crippen LogP contribution < -0.4 is 10.4 Å². The first-order chi connectivity index (χ1) is 14.9. The molecule has 2 aromatic carbocycles. The van der Waals surface area contributed by atoms with Gasteiger partial charge in [0.2, 0.25) is 10.0 Å². The molecule has 0 saturated carbocycles. The molecule has 1 saturated heterocycles. The van der Waals surface area contributed by atoms with E-state index < -0.39 is 32.3 Å². The number of benzene rings is 2. The molecule has 2 N–H and O–H groups in total. The molecular weight excluding hydrogens is 450 g/mol. The van der Waals surface area contributed by atoms with E-state index in [1.54, 1.807) is 4.90 Å². The molecule has 1 amide bonds. The lowest BCUT2D eigenvalue weighted by molar-refractivity contribution is -0.384. The highest BCUT2D eigenvalue weighted by atomic mass is 32.2. The number of piperazine rings is 1. The molecule has 0 unspecified atom stereocenters. The second-order valence-corrected chi connectivity index (χ2v) is 9.15. The second-order valence-electron chi connectivity index (χ2n) is 7.21. The maximum atomic E-state index is 13.6. The first-order valence-electron chi connectivity index (χ1n) is 9.41. The summed E-state index contributed by atoms with van der Waals surface area (Å²) in [5.41, 5.74) is 0.686. The molecule has 0 atom stereocenters. The Bertz CT molecular complexity index is 1140. The van der Waals surface area contributed by atoms with Gasteiger partial charge in [0.05, 0.1) is 9.82 Å². The zero-order valence-corrected chi connectivity index (χ0v) is 17.7. The van der Waals surface area contributed by atoms with E-state index in [0.717, 1.165) is 22.5 Å². The van der Waals surface area contributed by atoms with Crippen LogP contribution in [-0.2, 0) is 15.9 Å². The van der Waals surface area contributed by atoms with Gasteiger partial charge in [-0.15, -0.1) is 0 Å². The van der Waals surface area contributed by atoms with E-state index >= 15 is 0 Å². The minimum absolute atomic E-state index is 0.0227. The Morgan fingerprint density at radius 3 is 2.38 bits per heavy atom. The summed E-state index contributed by atoms with van der Waals surface area (Å²) in [6.45, 7) is 0.848. The fourth-order valence-corrected chi connectivity index (χ4v) is 4.86. The van der Waals surface area contributed by atoms with Gasteiger partial charge in [-0.3, -0.25) is 20.1 Å². The number of hydroxylamine groups is 1. The number of nitro groups is 1. The summed E-state index contributed by atoms with van der Waals surface area (Å²) in [7, 11) is -4.04. The van der Waals surface area contributed by atoms with E-state index in [9.17, 15) is 32.1 Å². The number of carbonyl (C=O) groups is 1. The van der Waals surface area contributed by atoms with Gasteiger partial charge in [0.15, 0.2) is 0 Å². The van der Waals surface area contributed by atoms with Crippen molar-refractivity contribution in [3.63, 3.8) is 0 Å². The Kier molecular flexibility index (Phi) is 6.44. The predicted molar refractivity (Wildman–Crippen MR) is 109 cm³/mol. The van der Waals surface area contributed by atoms with Gasteiger partial charge in [-0.1, -0.05) is 12.1 Å². The number of anilines is 1. The Morgan fingerprint density at radius 2 is 1.81 bits per heavy atom. The zero-order chi connectivity index (χ0) is 23.7. The zero-order valence-electron chi connectivity index (χ0n) is 16.9. The molecule has 0 aromatic heterocycles. The lowest BCUT2D eigenvalue weighted by Crippen LogP contribution is -2.48. The van der Waals surface area contributed by atoms with Crippen LogP contribution in [0, 0.1) is 10.1 Å². The summed E-state index contributed by atoms with van der Waals surface area (Å²) in [4.78, 5) is 23.7. The molecule has 3 rings (SSSR count). The highest BCUT2D eigenvalue weighted by Gasteiger charge is 2.32. The van der Waals surface area contributed by atoms with Gasteiger partial charge >= 0.3 is 0 Å². The lowest BCUT2D eigenvalue weighted by Gasteiger charge is -2.35. The minimum Gasteiger partial charge on any atom is -0.363 e. The second kappa shape index (κ2) is 8.76. The lowest BCUT2D eigenvalue weighted by atomic mass is 10.1. The van der Waals surface area contributed by atoms with Gasteiger partial charge in [-0.2, -0.15) is 4.31 Å². The summed E-state index contributed by atoms with van der Waals surface area (Å²) < 4.78 is 54.2. The summed E-state index contributed by atoms with van der Waals surface area (Å²) in [6.07, 6.45) is 0. The molecule has 0 spiro atoms. The third-order valence-corrected chi connectivity index (χ3v) is 6.99. The molecular formula is C19H20F2N4O6S. The molecule has 1 aliphatic heterocycles. The summed E-state index contributed by atoms with van der Waals surface area (Å²) in [5.74, 6) is -4.10. The van der Waals surface area contributed by atoms with Crippen LogP contribution in [-0.4, -0.2) is 54.9 Å². The van der Waals surface area contributed by atoms with Crippen LogP contribution in [0.1, 0.15) is 22.8 Å². The minimum atomic E-state index is -4.04. The number of carbonyl (C=O) groups excluding carboxylic acids is 1. The Hall–Kier alpha value is -3.16. The van der Waals surface area contributed by atoms with Crippen LogP contribution >= 0.6 is 0 Å². The number of amides is 1. The number of nitro benzene ring substituents is 1. The third-order valence-electron chi connectivity index (χ3n) is 5.09. The molecule has 32 heavy (non-hydrogen) atoms. The van der Waals surface area contributed by atoms with Crippen molar-refractivity contribution in [2.24, 2.45) is 0 Å². The maximum absolute atomic E-state index is 13.6. The largest absolute Gasteiger partial charge is 0.363 e. The molecule has 1 aliphatic rings. The topological polar surface area (TPSA) is 133 Å². The number of nitrogens with one attached hydrogen (secondary N) is 1. The Morgan fingerprint density at radius 1 is 1.16 bits per heavy atom. The molecule has 0 aliphatic carbocycles. The van der Waals surface area contributed by atoms with Gasteiger partial charge in [-0.25, -0.2) is 22.7 Å². The number of halogens is 2. The molecule has 0 radical (unpaired) electrons. The Labute approximate surface area is 182 Å². The van der Waals surface area contributed by atoms with Crippen LogP contribution in [0.15, 0.2) is 47.4 Å². The third kappa shape index (κ3) is 4.69. The molecule has 2 aromatic rings. The number of hydrogen-bond donors (Lipinski definition) is 2. The quantitative estimate of drug-likeness (QED) is 0.376. The summed E-state index contributed by atoms with van der Waals surface area (Å²) in [5, 5.41) is 20.2. The van der Waals surface area contributed by atoms with Crippen molar-refractivity contribution >= 4 is 27.3 Å². The molecule has 10 nitrogen and oxygen atoms in total. The van der Waals surface area contributed by atoms with Crippen LogP contribution in [0.2, 0.25) is 0 Å². The van der Waals surface area contributed by atoms with Crippen molar-refractivity contribution < 1.29 is 32.1 Å². The normalized spacial score (nSPS) is 15.4. The SMILES string of the molecule is CC(F)(F)c1cccc(S(=O)(=O)N2CCN(c3ccc(C(=O)NO)cc3[N+](=O)[O-])CC2)c1. The van der Waals surface area contributed by atoms with Crippen LogP contribution in [0.4, 0.5) is 20.2 Å². The van der Waals surface area contributed by atoms with E-state index in [4.69, 9.17) is 5.21 Å². The van der Waals surface area contributed by atoms with E-state index in [1.807, 2.05) is 0 Å². The first-order valence-corrected chi connectivity index (χ1v) is 10.9. The molecule has 13 heteroatoms. The van der Waals surface area contributed by atoms with E-state index in [-0.39, 0.29) is 48.0 Å². The molecule has 1 heterocycles. The van der Waals surface area contributed by atoms with Crippen molar-refractivity contribution in [3.8, 4) is 0 Å². The number of sulfonamides is 1. The number of alkyl halides is 2. The average molecular weight is 470 g/mol. The van der Waals surface area contributed by atoms with E-state index in [0.29, 0.717) is 6.92 Å². The maximum Gasteiger partial charge on any atom is 0.293 e. The first kappa shape index (κ1) is 23.5. The highest BCUT2D eigenvalue weighted by molar-refractivity contribution is 7.89. The number of hydrogen-bond acceptors (Lipinski definition) is 7. The van der Waals surface area contributed by atoms with Crippen LogP contribution in [0.3, 0.4) is 0 Å². The molecule has 1 fully saturated rings. The Balaban J connectivity index is 1.81. The van der Waals surface area contributed by atoms with Gasteiger partial charge in [0.1, 0.15) is 5.69 Å². The van der Waals surface area contributed by atoms with Gasteiger partial charge in [0.25, 0.3) is 17.5 Å². The standard InChI is InChI=1S/C19H20F2N4O6S/c1-19(20,21)14-3-2-4-15(12-14)32(30,31)24-9-7-23(8-10-24)16-6-5-13(18(26)22-27)11-17(16)25(28)29/h2-6,11-12,27H,7-10H2,1H3,(H,22,26). The fraction of sp³-hybridized carbons (Fsp3) is 0.316. The van der Waals surface area contributed by atoms with E-state index in [2.05, 4.69) is 0 Å². The number of rotatable bonds is 6. The highest BCUT2D eigenvalue weighted by Crippen LogP contribution is 2.32. The van der Waals surface area contributed by atoms with Crippen molar-refractivity contribution in [2.75, 3.05) is 31.1 Å². The molecule has 172 valence electrons. The van der Waals surface area contributed by atoms with E-state index in [1.165, 1.54) is 29.7 Å². The van der Waals surface area contributed by atoms with Crippen molar-refractivity contribution in [1.29, 1.82) is 0 Å². The average Bonchev–Trinajstić information content (AvgIpc) is 2.77. The fourth-order valence-electron chi connectivity index (χ4n) is 3.39. The van der Waals surface area contributed by atoms with Crippen molar-refractivity contribution in [1.82, 2.24) is 9.79 Å².